The highest BCUT2D eigenvalue weighted by molar-refractivity contribution is 5.33. The van der Waals surface area contributed by atoms with Crippen molar-refractivity contribution in [3.63, 3.8) is 0 Å². The van der Waals surface area contributed by atoms with Gasteiger partial charge in [0.15, 0.2) is 0 Å². The van der Waals surface area contributed by atoms with Crippen LogP contribution in [0.25, 0.3) is 0 Å². The highest BCUT2D eigenvalue weighted by Crippen LogP contribution is 2.24. The summed E-state index contributed by atoms with van der Waals surface area (Å²) < 4.78 is 12.4. The van der Waals surface area contributed by atoms with Crippen LogP contribution in [0.4, 0.5) is 0 Å². The van der Waals surface area contributed by atoms with Crippen LogP contribution in [-0.4, -0.2) is 12.2 Å². The van der Waals surface area contributed by atoms with Gasteiger partial charge in [0.05, 0.1) is 12.2 Å². The maximum Gasteiger partial charge on any atom is 0.123 e. The van der Waals surface area contributed by atoms with E-state index in [2.05, 4.69) is 33.8 Å². The minimum atomic E-state index is 0.318. The zero-order valence-corrected chi connectivity index (χ0v) is 16.4. The van der Waals surface area contributed by atoms with Gasteiger partial charge in [0.1, 0.15) is 11.5 Å². The van der Waals surface area contributed by atoms with E-state index >= 15 is 0 Å². The van der Waals surface area contributed by atoms with Gasteiger partial charge < -0.3 is 9.47 Å². The summed E-state index contributed by atoms with van der Waals surface area (Å²) in [4.78, 5) is 0. The Morgan fingerprint density at radius 1 is 0.708 bits per heavy atom. The summed E-state index contributed by atoms with van der Waals surface area (Å²) in [6.07, 6.45) is 12.6. The van der Waals surface area contributed by atoms with Crippen LogP contribution in [0.15, 0.2) is 24.3 Å². The van der Waals surface area contributed by atoms with Crippen molar-refractivity contribution in [1.29, 1.82) is 0 Å². The maximum absolute atomic E-state index is 6.18. The molecule has 2 heteroatoms. The fourth-order valence-corrected chi connectivity index (χ4v) is 2.94. The smallest absolute Gasteiger partial charge is 0.123 e. The molecule has 0 saturated carbocycles. The van der Waals surface area contributed by atoms with Crippen molar-refractivity contribution in [2.45, 2.75) is 104 Å². The van der Waals surface area contributed by atoms with Crippen LogP contribution >= 0.6 is 0 Å². The SMILES string of the molecule is CCCCCC(CC)Oc1cccc(OC(CC)CCCCC)c1. The molecule has 138 valence electrons. The van der Waals surface area contributed by atoms with Crippen LogP contribution in [0.5, 0.6) is 11.5 Å². The van der Waals surface area contributed by atoms with Crippen LogP contribution in [-0.2, 0) is 0 Å². The normalized spacial score (nSPS) is 13.5. The molecule has 24 heavy (non-hydrogen) atoms. The molecule has 0 bridgehead atoms. The molecule has 0 spiro atoms. The molecule has 0 N–H and O–H groups in total. The largest absolute Gasteiger partial charge is 0.490 e. The second-order valence-electron chi connectivity index (χ2n) is 6.76. The van der Waals surface area contributed by atoms with E-state index in [0.29, 0.717) is 12.2 Å². The molecule has 1 aromatic carbocycles. The first kappa shape index (κ1) is 20.9. The molecular formula is C22H38O2. The molecule has 0 aliphatic carbocycles. The first-order chi connectivity index (χ1) is 11.7. The van der Waals surface area contributed by atoms with E-state index in [1.54, 1.807) is 0 Å². The highest BCUT2D eigenvalue weighted by atomic mass is 16.5. The van der Waals surface area contributed by atoms with Crippen molar-refractivity contribution in [1.82, 2.24) is 0 Å². The Bertz CT molecular complexity index is 381. The van der Waals surface area contributed by atoms with Gasteiger partial charge in [-0.2, -0.15) is 0 Å². The van der Waals surface area contributed by atoms with E-state index in [1.165, 1.54) is 38.5 Å². The summed E-state index contributed by atoms with van der Waals surface area (Å²) in [5, 5.41) is 0. The zero-order chi connectivity index (χ0) is 17.6. The molecule has 0 radical (unpaired) electrons. The van der Waals surface area contributed by atoms with Gasteiger partial charge in [-0.15, -0.1) is 0 Å². The number of hydrogen-bond donors (Lipinski definition) is 0. The lowest BCUT2D eigenvalue weighted by molar-refractivity contribution is 0.172. The van der Waals surface area contributed by atoms with Crippen molar-refractivity contribution in [2.75, 3.05) is 0 Å². The molecule has 0 heterocycles. The lowest BCUT2D eigenvalue weighted by Crippen LogP contribution is -2.16. The molecule has 2 atom stereocenters. The second-order valence-corrected chi connectivity index (χ2v) is 6.76. The number of unbranched alkanes of at least 4 members (excludes halogenated alkanes) is 4. The van der Waals surface area contributed by atoms with Crippen molar-refractivity contribution in [3.8, 4) is 11.5 Å². The van der Waals surface area contributed by atoms with Gasteiger partial charge in [-0.3, -0.25) is 0 Å². The Hall–Kier alpha value is -1.18. The molecule has 0 saturated heterocycles. The lowest BCUT2D eigenvalue weighted by Gasteiger charge is -2.20. The molecule has 1 rings (SSSR count). The Kier molecular flexibility index (Phi) is 11.4. The number of ether oxygens (including phenoxy) is 2. The highest BCUT2D eigenvalue weighted by Gasteiger charge is 2.11. The first-order valence-electron chi connectivity index (χ1n) is 10.2. The van der Waals surface area contributed by atoms with Crippen LogP contribution in [0.3, 0.4) is 0 Å². The molecule has 0 aliphatic heterocycles. The van der Waals surface area contributed by atoms with Gasteiger partial charge in [-0.1, -0.05) is 59.4 Å². The molecule has 1 aromatic rings. The summed E-state index contributed by atoms with van der Waals surface area (Å²) in [5.41, 5.74) is 0. The molecule has 0 fully saturated rings. The van der Waals surface area contributed by atoms with E-state index in [-0.39, 0.29) is 0 Å². The molecule has 0 amide bonds. The summed E-state index contributed by atoms with van der Waals surface area (Å²) >= 11 is 0. The second kappa shape index (κ2) is 13.1. The third-order valence-corrected chi connectivity index (χ3v) is 4.58. The van der Waals surface area contributed by atoms with Crippen molar-refractivity contribution in [3.05, 3.63) is 24.3 Å². The molecule has 0 aromatic heterocycles. The molecule has 2 nitrogen and oxygen atoms in total. The fourth-order valence-electron chi connectivity index (χ4n) is 2.94. The Balaban J connectivity index is 2.54. The fraction of sp³-hybridized carbons (Fsp3) is 0.727. The van der Waals surface area contributed by atoms with E-state index in [0.717, 1.165) is 37.2 Å². The predicted molar refractivity (Wildman–Crippen MR) is 104 cm³/mol. The minimum Gasteiger partial charge on any atom is -0.490 e. The van der Waals surface area contributed by atoms with Gasteiger partial charge in [0, 0.05) is 6.07 Å². The average molecular weight is 335 g/mol. The lowest BCUT2D eigenvalue weighted by atomic mass is 10.1. The van der Waals surface area contributed by atoms with Gasteiger partial charge in [0.25, 0.3) is 0 Å². The quantitative estimate of drug-likeness (QED) is 0.336. The Morgan fingerprint density at radius 2 is 1.17 bits per heavy atom. The standard InChI is InChI=1S/C22H38O2/c1-5-9-11-14-19(7-3)23-21-16-13-17-22(18-21)24-20(8-4)15-12-10-6-2/h13,16-20H,5-12,14-15H2,1-4H3. The van der Waals surface area contributed by atoms with Crippen LogP contribution in [0.2, 0.25) is 0 Å². The van der Waals surface area contributed by atoms with Crippen LogP contribution in [0.1, 0.15) is 91.9 Å². The number of benzene rings is 1. The third kappa shape index (κ3) is 8.61. The number of rotatable bonds is 14. The molecular weight excluding hydrogens is 296 g/mol. The summed E-state index contributed by atoms with van der Waals surface area (Å²) in [6.45, 7) is 8.90. The Morgan fingerprint density at radius 3 is 1.54 bits per heavy atom. The number of hydrogen-bond acceptors (Lipinski definition) is 2. The Labute approximate surface area is 149 Å². The average Bonchev–Trinajstić information content (AvgIpc) is 2.60. The van der Waals surface area contributed by atoms with Gasteiger partial charge >= 0.3 is 0 Å². The molecule has 2 unspecified atom stereocenters. The van der Waals surface area contributed by atoms with Gasteiger partial charge in [-0.05, 0) is 50.7 Å². The first-order valence-corrected chi connectivity index (χ1v) is 10.2. The van der Waals surface area contributed by atoms with Crippen LogP contribution in [0, 0.1) is 0 Å². The van der Waals surface area contributed by atoms with Crippen molar-refractivity contribution in [2.24, 2.45) is 0 Å². The monoisotopic (exact) mass is 334 g/mol. The molecule has 0 aliphatic rings. The summed E-state index contributed by atoms with van der Waals surface area (Å²) in [6, 6.07) is 8.20. The maximum atomic E-state index is 6.18. The van der Waals surface area contributed by atoms with E-state index < -0.39 is 0 Å². The zero-order valence-electron chi connectivity index (χ0n) is 16.4. The van der Waals surface area contributed by atoms with E-state index in [9.17, 15) is 0 Å². The van der Waals surface area contributed by atoms with Crippen molar-refractivity contribution < 1.29 is 9.47 Å². The summed E-state index contributed by atoms with van der Waals surface area (Å²) in [5.74, 6) is 1.89. The minimum absolute atomic E-state index is 0.318. The van der Waals surface area contributed by atoms with Gasteiger partial charge in [-0.25, -0.2) is 0 Å². The van der Waals surface area contributed by atoms with Gasteiger partial charge in [0.2, 0.25) is 0 Å². The van der Waals surface area contributed by atoms with E-state index in [4.69, 9.17) is 9.47 Å². The third-order valence-electron chi connectivity index (χ3n) is 4.58. The summed E-state index contributed by atoms with van der Waals surface area (Å²) in [7, 11) is 0. The van der Waals surface area contributed by atoms with E-state index in [1.807, 2.05) is 18.2 Å². The predicted octanol–water partition coefficient (Wildman–Crippen LogP) is 7.16. The topological polar surface area (TPSA) is 18.5 Å². The van der Waals surface area contributed by atoms with Crippen molar-refractivity contribution >= 4 is 0 Å². The van der Waals surface area contributed by atoms with Crippen LogP contribution < -0.4 is 9.47 Å².